The molecule has 1 aliphatic carbocycles. The number of nitrogens with zero attached hydrogens (tertiary/aromatic N) is 1. The van der Waals surface area contributed by atoms with Gasteiger partial charge in [-0.05, 0) is 61.1 Å². The summed E-state index contributed by atoms with van der Waals surface area (Å²) >= 11 is 12.2. The van der Waals surface area contributed by atoms with Crippen LogP contribution in [0.3, 0.4) is 0 Å². The monoisotopic (exact) mass is 399 g/mol. The Morgan fingerprint density at radius 1 is 1.26 bits per heavy atom. The van der Waals surface area contributed by atoms with E-state index < -0.39 is 0 Å². The number of benzene rings is 2. The highest BCUT2D eigenvalue weighted by molar-refractivity contribution is 6.38. The standard InChI is InChI=1S/C21H19Cl2N3O/c1-12-5-7-19-14(9-12)15-10-13(6-8-20(15)25-19)21(27)26-24-11-16-17(22)3-2-4-18(16)23/h2-4,6,8,10-12,25H,5,7,9H2,1H3,(H,26,27)/b24-11-. The summed E-state index contributed by atoms with van der Waals surface area (Å²) in [5.41, 5.74) is 7.42. The lowest BCUT2D eigenvalue weighted by molar-refractivity contribution is 0.0955. The third-order valence-corrected chi connectivity index (χ3v) is 5.72. The fraction of sp³-hybridized carbons (Fsp3) is 0.238. The summed E-state index contributed by atoms with van der Waals surface area (Å²) < 4.78 is 0. The molecule has 0 fully saturated rings. The molecule has 0 saturated carbocycles. The van der Waals surface area contributed by atoms with Crippen LogP contribution in [0.5, 0.6) is 0 Å². The highest BCUT2D eigenvalue weighted by Gasteiger charge is 2.20. The number of carbonyl (C=O) groups is 1. The predicted octanol–water partition coefficient (Wildman–Crippen LogP) is 5.36. The molecule has 1 aromatic heterocycles. The highest BCUT2D eigenvalue weighted by Crippen LogP contribution is 2.32. The first-order valence-corrected chi connectivity index (χ1v) is 9.69. The van der Waals surface area contributed by atoms with Crippen LogP contribution in [0.1, 0.15) is 40.5 Å². The highest BCUT2D eigenvalue weighted by atomic mass is 35.5. The van der Waals surface area contributed by atoms with Gasteiger partial charge in [-0.25, -0.2) is 5.43 Å². The van der Waals surface area contributed by atoms with Crippen LogP contribution in [-0.4, -0.2) is 17.1 Å². The Morgan fingerprint density at radius 3 is 2.81 bits per heavy atom. The molecule has 138 valence electrons. The Labute approximate surface area is 167 Å². The molecule has 0 radical (unpaired) electrons. The molecule has 2 N–H and O–H groups in total. The average Bonchev–Trinajstić information content (AvgIpc) is 3.01. The lowest BCUT2D eigenvalue weighted by Crippen LogP contribution is -2.17. The van der Waals surface area contributed by atoms with E-state index in [2.05, 4.69) is 22.4 Å². The van der Waals surface area contributed by atoms with Gasteiger partial charge in [0.05, 0.1) is 16.3 Å². The number of rotatable bonds is 3. The van der Waals surface area contributed by atoms with E-state index in [1.54, 1.807) is 24.3 Å². The van der Waals surface area contributed by atoms with Crippen molar-refractivity contribution >= 4 is 46.2 Å². The number of fused-ring (bicyclic) bond motifs is 3. The molecule has 4 nitrogen and oxygen atoms in total. The molecular formula is C21H19Cl2N3O. The quantitative estimate of drug-likeness (QED) is 0.451. The van der Waals surface area contributed by atoms with Crippen LogP contribution in [0.4, 0.5) is 0 Å². The van der Waals surface area contributed by atoms with E-state index in [1.165, 1.54) is 23.9 Å². The number of hydrogen-bond acceptors (Lipinski definition) is 2. The van der Waals surface area contributed by atoms with Gasteiger partial charge < -0.3 is 4.98 Å². The molecule has 0 aliphatic heterocycles. The maximum Gasteiger partial charge on any atom is 0.271 e. The van der Waals surface area contributed by atoms with Crippen molar-refractivity contribution in [2.45, 2.75) is 26.2 Å². The molecule has 0 saturated heterocycles. The third kappa shape index (κ3) is 3.60. The fourth-order valence-corrected chi connectivity index (χ4v) is 4.08. The maximum atomic E-state index is 12.5. The molecule has 27 heavy (non-hydrogen) atoms. The molecule has 0 spiro atoms. The van der Waals surface area contributed by atoms with Gasteiger partial charge in [0.25, 0.3) is 5.91 Å². The Kier molecular flexibility index (Phi) is 4.94. The second kappa shape index (κ2) is 7.37. The van der Waals surface area contributed by atoms with Crippen molar-refractivity contribution < 1.29 is 4.79 Å². The summed E-state index contributed by atoms with van der Waals surface area (Å²) in [5.74, 6) is 0.397. The lowest BCUT2D eigenvalue weighted by atomic mass is 9.87. The summed E-state index contributed by atoms with van der Waals surface area (Å²) in [6.07, 6.45) is 4.77. The molecule has 3 aromatic rings. The predicted molar refractivity (Wildman–Crippen MR) is 111 cm³/mol. The van der Waals surface area contributed by atoms with Gasteiger partial charge in [-0.2, -0.15) is 5.10 Å². The first-order chi connectivity index (χ1) is 13.0. The zero-order chi connectivity index (χ0) is 19.0. The number of amides is 1. The molecule has 0 bridgehead atoms. The van der Waals surface area contributed by atoms with Gasteiger partial charge in [0.1, 0.15) is 0 Å². The number of halogens is 2. The first kappa shape index (κ1) is 18.1. The Balaban J connectivity index is 1.56. The average molecular weight is 400 g/mol. The zero-order valence-corrected chi connectivity index (χ0v) is 16.4. The van der Waals surface area contributed by atoms with Crippen LogP contribution < -0.4 is 5.43 Å². The second-order valence-corrected chi connectivity index (χ2v) is 7.84. The van der Waals surface area contributed by atoms with Crippen LogP contribution in [0, 0.1) is 5.92 Å². The topological polar surface area (TPSA) is 57.2 Å². The second-order valence-electron chi connectivity index (χ2n) is 7.02. The number of aromatic nitrogens is 1. The molecule has 1 amide bonds. The number of aromatic amines is 1. The number of H-pyrrole nitrogens is 1. The van der Waals surface area contributed by atoms with Gasteiger partial charge >= 0.3 is 0 Å². The van der Waals surface area contributed by atoms with Gasteiger partial charge in [0, 0.05) is 27.7 Å². The number of aryl methyl sites for hydroxylation is 1. The normalized spacial score (nSPS) is 16.6. The van der Waals surface area contributed by atoms with E-state index in [0.717, 1.165) is 23.7 Å². The summed E-state index contributed by atoms with van der Waals surface area (Å²) in [5, 5.41) is 6.10. The minimum Gasteiger partial charge on any atom is -0.358 e. The van der Waals surface area contributed by atoms with E-state index in [1.807, 2.05) is 12.1 Å². The fourth-order valence-electron chi connectivity index (χ4n) is 3.59. The van der Waals surface area contributed by atoms with Crippen molar-refractivity contribution in [2.24, 2.45) is 11.0 Å². The minimum atomic E-state index is -0.268. The van der Waals surface area contributed by atoms with Crippen molar-refractivity contribution in [2.75, 3.05) is 0 Å². The molecule has 2 aromatic carbocycles. The Hall–Kier alpha value is -2.30. The summed E-state index contributed by atoms with van der Waals surface area (Å²) in [7, 11) is 0. The molecule has 4 rings (SSSR count). The van der Waals surface area contributed by atoms with Crippen LogP contribution >= 0.6 is 23.2 Å². The Morgan fingerprint density at radius 2 is 2.04 bits per heavy atom. The van der Waals surface area contributed by atoms with Crippen LogP contribution in [-0.2, 0) is 12.8 Å². The van der Waals surface area contributed by atoms with Crippen LogP contribution in [0.2, 0.25) is 10.0 Å². The molecule has 1 aliphatic rings. The van der Waals surface area contributed by atoms with Gasteiger partial charge in [-0.3, -0.25) is 4.79 Å². The molecule has 1 atom stereocenters. The van der Waals surface area contributed by atoms with Crippen molar-refractivity contribution in [1.29, 1.82) is 0 Å². The van der Waals surface area contributed by atoms with Gasteiger partial charge in [0.2, 0.25) is 0 Å². The number of nitrogens with one attached hydrogen (secondary N) is 2. The summed E-state index contributed by atoms with van der Waals surface area (Å²) in [6.45, 7) is 2.27. The van der Waals surface area contributed by atoms with Gasteiger partial charge in [-0.15, -0.1) is 0 Å². The molecule has 1 heterocycles. The van der Waals surface area contributed by atoms with Crippen molar-refractivity contribution in [1.82, 2.24) is 10.4 Å². The summed E-state index contributed by atoms with van der Waals surface area (Å²) in [6, 6.07) is 10.9. The Bertz CT molecular complexity index is 1030. The van der Waals surface area contributed by atoms with Crippen LogP contribution in [0.15, 0.2) is 41.5 Å². The molecule has 1 unspecified atom stereocenters. The molecule has 6 heteroatoms. The number of hydrazone groups is 1. The zero-order valence-electron chi connectivity index (χ0n) is 14.9. The van der Waals surface area contributed by atoms with Crippen molar-refractivity contribution in [3.63, 3.8) is 0 Å². The van der Waals surface area contributed by atoms with E-state index in [-0.39, 0.29) is 5.91 Å². The summed E-state index contributed by atoms with van der Waals surface area (Å²) in [4.78, 5) is 16.0. The van der Waals surface area contributed by atoms with E-state index >= 15 is 0 Å². The molecular weight excluding hydrogens is 381 g/mol. The smallest absolute Gasteiger partial charge is 0.271 e. The largest absolute Gasteiger partial charge is 0.358 e. The maximum absolute atomic E-state index is 12.5. The minimum absolute atomic E-state index is 0.268. The van der Waals surface area contributed by atoms with Crippen molar-refractivity contribution in [3.05, 3.63) is 68.8 Å². The van der Waals surface area contributed by atoms with E-state index in [9.17, 15) is 4.79 Å². The number of carbonyl (C=O) groups excluding carboxylic acids is 1. The third-order valence-electron chi connectivity index (χ3n) is 5.06. The van der Waals surface area contributed by atoms with Gasteiger partial charge in [-0.1, -0.05) is 36.2 Å². The van der Waals surface area contributed by atoms with Crippen molar-refractivity contribution in [3.8, 4) is 0 Å². The van der Waals surface area contributed by atoms with E-state index in [4.69, 9.17) is 23.2 Å². The first-order valence-electron chi connectivity index (χ1n) is 8.94. The van der Waals surface area contributed by atoms with Gasteiger partial charge in [0.15, 0.2) is 0 Å². The van der Waals surface area contributed by atoms with E-state index in [0.29, 0.717) is 27.1 Å². The number of hydrogen-bond donors (Lipinski definition) is 2. The lowest BCUT2D eigenvalue weighted by Gasteiger charge is -2.18. The SMILES string of the molecule is CC1CCc2[nH]c3ccc(C(=O)N/N=C\c4c(Cl)cccc4Cl)cc3c2C1. The van der Waals surface area contributed by atoms with Crippen LogP contribution in [0.25, 0.3) is 10.9 Å².